The fourth-order valence-corrected chi connectivity index (χ4v) is 3.18. The lowest BCUT2D eigenvalue weighted by Crippen LogP contribution is -2.30. The lowest BCUT2D eigenvalue weighted by atomic mass is 10.1. The van der Waals surface area contributed by atoms with E-state index in [0.717, 1.165) is 37.1 Å². The molecule has 1 aliphatic heterocycles. The molecule has 0 aromatic heterocycles. The molecular weight excluding hydrogens is 316 g/mol. The Morgan fingerprint density at radius 3 is 2.56 bits per heavy atom. The molecule has 0 spiro atoms. The molecule has 0 atom stereocenters. The summed E-state index contributed by atoms with van der Waals surface area (Å²) in [6.45, 7) is 0.737. The van der Waals surface area contributed by atoms with Gasteiger partial charge < -0.3 is 15.0 Å². The van der Waals surface area contributed by atoms with Gasteiger partial charge in [0.15, 0.2) is 0 Å². The highest BCUT2D eigenvalue weighted by Gasteiger charge is 2.36. The standard InChI is InChI=1S/C20H20N2O3/c1-25-17-8-5-14(6-9-17)19(23)21-16-7-4-13-10-11-22(18(13)12-16)20(24)15-2-3-15/h4-9,12,15H,2-3,10-11H2,1H3,(H,21,23). The summed E-state index contributed by atoms with van der Waals surface area (Å²) >= 11 is 0. The molecule has 25 heavy (non-hydrogen) atoms. The van der Waals surface area contributed by atoms with Gasteiger partial charge in [-0.3, -0.25) is 9.59 Å². The number of nitrogens with one attached hydrogen (secondary N) is 1. The smallest absolute Gasteiger partial charge is 0.255 e. The normalized spacial score (nSPS) is 15.6. The Balaban J connectivity index is 1.52. The van der Waals surface area contributed by atoms with Crippen molar-refractivity contribution in [2.45, 2.75) is 19.3 Å². The van der Waals surface area contributed by atoms with Crippen LogP contribution in [0.15, 0.2) is 42.5 Å². The number of anilines is 2. The van der Waals surface area contributed by atoms with E-state index in [4.69, 9.17) is 4.74 Å². The summed E-state index contributed by atoms with van der Waals surface area (Å²) in [5.74, 6) is 0.949. The minimum atomic E-state index is -0.180. The molecule has 1 aliphatic carbocycles. The Bertz CT molecular complexity index is 825. The molecule has 4 rings (SSSR count). The predicted octanol–water partition coefficient (Wildman–Crippen LogP) is 3.25. The van der Waals surface area contributed by atoms with Gasteiger partial charge in [-0.25, -0.2) is 0 Å². The molecule has 1 heterocycles. The lowest BCUT2D eigenvalue weighted by molar-refractivity contribution is -0.119. The number of carbonyl (C=O) groups is 2. The van der Waals surface area contributed by atoms with Crippen molar-refractivity contribution in [3.63, 3.8) is 0 Å². The second kappa shape index (κ2) is 6.24. The summed E-state index contributed by atoms with van der Waals surface area (Å²) in [6, 6.07) is 12.8. The first-order valence-electron chi connectivity index (χ1n) is 8.55. The first-order valence-corrected chi connectivity index (χ1v) is 8.55. The van der Waals surface area contributed by atoms with Crippen molar-refractivity contribution >= 4 is 23.2 Å². The van der Waals surface area contributed by atoms with Crippen LogP contribution in [0, 0.1) is 5.92 Å². The maximum atomic E-state index is 12.4. The van der Waals surface area contributed by atoms with Gasteiger partial charge >= 0.3 is 0 Å². The molecule has 0 bridgehead atoms. The first kappa shape index (κ1) is 15.7. The number of methoxy groups -OCH3 is 1. The third kappa shape index (κ3) is 3.09. The van der Waals surface area contributed by atoms with Gasteiger partial charge in [0.25, 0.3) is 5.91 Å². The number of fused-ring (bicyclic) bond motifs is 1. The summed E-state index contributed by atoms with van der Waals surface area (Å²) in [5, 5.41) is 2.91. The monoisotopic (exact) mass is 336 g/mol. The van der Waals surface area contributed by atoms with E-state index < -0.39 is 0 Å². The SMILES string of the molecule is COc1ccc(C(=O)Nc2ccc3c(c2)N(C(=O)C2CC2)CC3)cc1. The second-order valence-electron chi connectivity index (χ2n) is 6.54. The van der Waals surface area contributed by atoms with Crippen LogP contribution >= 0.6 is 0 Å². The van der Waals surface area contributed by atoms with Gasteiger partial charge in [-0.05, 0) is 61.2 Å². The fraction of sp³-hybridized carbons (Fsp3) is 0.300. The van der Waals surface area contributed by atoms with E-state index in [1.807, 2.05) is 23.1 Å². The van der Waals surface area contributed by atoms with Crippen LogP contribution in [0.25, 0.3) is 0 Å². The predicted molar refractivity (Wildman–Crippen MR) is 96.2 cm³/mol. The van der Waals surface area contributed by atoms with Gasteiger partial charge in [-0.2, -0.15) is 0 Å². The van der Waals surface area contributed by atoms with Crippen LogP contribution in [0.2, 0.25) is 0 Å². The quantitative estimate of drug-likeness (QED) is 0.932. The number of ether oxygens (including phenoxy) is 1. The van der Waals surface area contributed by atoms with Crippen LogP contribution in [-0.2, 0) is 11.2 Å². The van der Waals surface area contributed by atoms with Crippen molar-refractivity contribution in [1.82, 2.24) is 0 Å². The molecule has 5 heteroatoms. The van der Waals surface area contributed by atoms with Gasteiger partial charge in [0, 0.05) is 29.4 Å². The summed E-state index contributed by atoms with van der Waals surface area (Å²) in [7, 11) is 1.59. The van der Waals surface area contributed by atoms with Gasteiger partial charge in [0.1, 0.15) is 5.75 Å². The molecule has 0 radical (unpaired) electrons. The number of hydrogen-bond donors (Lipinski definition) is 1. The number of carbonyl (C=O) groups excluding carboxylic acids is 2. The van der Waals surface area contributed by atoms with Crippen molar-refractivity contribution < 1.29 is 14.3 Å². The van der Waals surface area contributed by atoms with Gasteiger partial charge in [0.2, 0.25) is 5.91 Å². The van der Waals surface area contributed by atoms with Crippen molar-refractivity contribution in [3.8, 4) is 5.75 Å². The largest absolute Gasteiger partial charge is 0.497 e. The van der Waals surface area contributed by atoms with E-state index in [1.165, 1.54) is 0 Å². The summed E-state index contributed by atoms with van der Waals surface area (Å²) in [5.41, 5.74) is 3.36. The molecule has 2 aromatic rings. The molecule has 128 valence electrons. The average Bonchev–Trinajstić information content (AvgIpc) is 3.41. The Morgan fingerprint density at radius 2 is 1.88 bits per heavy atom. The topological polar surface area (TPSA) is 58.6 Å². The summed E-state index contributed by atoms with van der Waals surface area (Å²) < 4.78 is 5.11. The highest BCUT2D eigenvalue weighted by atomic mass is 16.5. The van der Waals surface area contributed by atoms with Crippen molar-refractivity contribution in [2.24, 2.45) is 5.92 Å². The van der Waals surface area contributed by atoms with Crippen LogP contribution in [0.3, 0.4) is 0 Å². The molecule has 1 N–H and O–H groups in total. The van der Waals surface area contributed by atoms with Gasteiger partial charge in [-0.1, -0.05) is 6.07 Å². The number of nitrogens with zero attached hydrogens (tertiary/aromatic N) is 1. The highest BCUT2D eigenvalue weighted by molar-refractivity contribution is 6.05. The molecule has 5 nitrogen and oxygen atoms in total. The van der Waals surface area contributed by atoms with E-state index in [0.29, 0.717) is 17.0 Å². The Kier molecular flexibility index (Phi) is 3.92. The van der Waals surface area contributed by atoms with Crippen molar-refractivity contribution in [3.05, 3.63) is 53.6 Å². The minimum absolute atomic E-state index is 0.180. The molecule has 2 aromatic carbocycles. The van der Waals surface area contributed by atoms with E-state index in [1.54, 1.807) is 31.4 Å². The van der Waals surface area contributed by atoms with E-state index in [-0.39, 0.29) is 17.7 Å². The van der Waals surface area contributed by atoms with Crippen molar-refractivity contribution in [2.75, 3.05) is 23.9 Å². The zero-order chi connectivity index (χ0) is 17.4. The molecule has 0 saturated heterocycles. The van der Waals surface area contributed by atoms with Gasteiger partial charge in [-0.15, -0.1) is 0 Å². The maximum absolute atomic E-state index is 12.4. The molecule has 1 saturated carbocycles. The summed E-state index contributed by atoms with van der Waals surface area (Å²) in [4.78, 5) is 26.7. The third-order valence-corrected chi connectivity index (χ3v) is 4.78. The average molecular weight is 336 g/mol. The van der Waals surface area contributed by atoms with Crippen LogP contribution in [0.4, 0.5) is 11.4 Å². The molecule has 2 amide bonds. The van der Waals surface area contributed by atoms with Gasteiger partial charge in [0.05, 0.1) is 7.11 Å². The second-order valence-corrected chi connectivity index (χ2v) is 6.54. The molecule has 0 unspecified atom stereocenters. The molecular formula is C20H20N2O3. The van der Waals surface area contributed by atoms with Crippen molar-refractivity contribution in [1.29, 1.82) is 0 Å². The number of benzene rings is 2. The van der Waals surface area contributed by atoms with Crippen LogP contribution < -0.4 is 15.0 Å². The maximum Gasteiger partial charge on any atom is 0.255 e. The molecule has 2 aliphatic rings. The first-order chi connectivity index (χ1) is 12.2. The minimum Gasteiger partial charge on any atom is -0.497 e. The fourth-order valence-electron chi connectivity index (χ4n) is 3.18. The third-order valence-electron chi connectivity index (χ3n) is 4.78. The number of amides is 2. The highest BCUT2D eigenvalue weighted by Crippen LogP contribution is 2.37. The van der Waals surface area contributed by atoms with Crippen LogP contribution in [0.5, 0.6) is 5.75 Å². The number of rotatable bonds is 4. The Labute approximate surface area is 146 Å². The van der Waals surface area contributed by atoms with E-state index in [2.05, 4.69) is 5.32 Å². The van der Waals surface area contributed by atoms with E-state index >= 15 is 0 Å². The Morgan fingerprint density at radius 1 is 1.12 bits per heavy atom. The van der Waals surface area contributed by atoms with Crippen LogP contribution in [0.1, 0.15) is 28.8 Å². The zero-order valence-electron chi connectivity index (χ0n) is 14.1. The Hall–Kier alpha value is -2.82. The lowest BCUT2D eigenvalue weighted by Gasteiger charge is -2.18. The number of hydrogen-bond acceptors (Lipinski definition) is 3. The zero-order valence-corrected chi connectivity index (χ0v) is 14.1. The summed E-state index contributed by atoms with van der Waals surface area (Å²) in [6.07, 6.45) is 2.87. The van der Waals surface area contributed by atoms with E-state index in [9.17, 15) is 9.59 Å². The van der Waals surface area contributed by atoms with Crippen LogP contribution in [-0.4, -0.2) is 25.5 Å². The molecule has 1 fully saturated rings.